The molecular formula is C40H38Cl2N2P2Ru. The molecule has 0 unspecified atom stereocenters. The number of hydrogen-bond acceptors (Lipinski definition) is 2. The Morgan fingerprint density at radius 3 is 0.936 bits per heavy atom. The molecule has 2 nitrogen and oxygen atoms in total. The molecule has 0 spiro atoms. The Morgan fingerprint density at radius 2 is 0.638 bits per heavy atom. The normalized spacial score (nSPS) is 11.0. The Hall–Kier alpha value is -2.70. The zero-order valence-electron chi connectivity index (χ0n) is 26.0. The Labute approximate surface area is 298 Å². The minimum atomic E-state index is -0.627. The molecule has 6 aromatic carbocycles. The van der Waals surface area contributed by atoms with Crippen LogP contribution >= 0.6 is 35.2 Å². The van der Waals surface area contributed by atoms with E-state index in [1.54, 1.807) is 0 Å². The molecule has 0 heterocycles. The molecule has 47 heavy (non-hydrogen) atoms. The molecule has 240 valence electrons. The first kappa shape index (κ1) is 35.6. The molecule has 2 N–H and O–H groups in total. The smallest absolute Gasteiger partial charge is 0.0212 e. The zero-order valence-corrected chi connectivity index (χ0v) is 31.0. The quantitative estimate of drug-likeness (QED) is 0.0724. The summed E-state index contributed by atoms with van der Waals surface area (Å²) in [7, 11) is 8.45. The summed E-state index contributed by atoms with van der Waals surface area (Å²) >= 11 is -0.346. The SMILES string of the molecule is [Cl][Ru][Cl].c1ccc(P(c2ccccc2)c2ccccc2CNCCNCc2ccccc2P(c2ccccc2)c2ccccc2)cc1. The Bertz CT molecular complexity index is 1540. The van der Waals surface area contributed by atoms with Gasteiger partial charge in [0.25, 0.3) is 0 Å². The first-order valence-corrected chi connectivity index (χ1v) is 22.7. The maximum Gasteiger partial charge on any atom is 0.0212 e. The van der Waals surface area contributed by atoms with Crippen molar-refractivity contribution < 1.29 is 15.1 Å². The van der Waals surface area contributed by atoms with E-state index in [1.807, 2.05) is 0 Å². The minimum absolute atomic E-state index is 0.346. The average molecular weight is 781 g/mol. The number of nitrogens with one attached hydrogen (secondary N) is 2. The van der Waals surface area contributed by atoms with E-state index in [0.29, 0.717) is 0 Å². The fourth-order valence-electron chi connectivity index (χ4n) is 5.54. The molecule has 0 aromatic heterocycles. The number of hydrogen-bond donors (Lipinski definition) is 2. The van der Waals surface area contributed by atoms with Crippen LogP contribution in [-0.4, -0.2) is 13.1 Å². The standard InChI is InChI=1S/C40H38N2P2.2ClH.Ru/c1-5-19-35(20-6-1)43(36-21-7-2-8-22-36)39-27-15-13-17-33(39)31-41-29-30-42-32-34-18-14-16-28-40(34)44(37-23-9-3-10-24-37)38-25-11-4-12-26-38;;;/h1-28,41-42H,29-32H2;2*1H;/q;;;+2/p-2. The second kappa shape index (κ2) is 20.0. The van der Waals surface area contributed by atoms with Gasteiger partial charge < -0.3 is 10.6 Å². The van der Waals surface area contributed by atoms with Gasteiger partial charge in [-0.15, -0.1) is 0 Å². The molecule has 0 amide bonds. The van der Waals surface area contributed by atoms with Gasteiger partial charge in [-0.2, -0.15) is 0 Å². The van der Waals surface area contributed by atoms with Gasteiger partial charge in [-0.25, -0.2) is 0 Å². The van der Waals surface area contributed by atoms with Crippen LogP contribution in [0.3, 0.4) is 0 Å². The number of rotatable bonds is 13. The molecular weight excluding hydrogens is 742 g/mol. The van der Waals surface area contributed by atoms with Gasteiger partial charge in [0.2, 0.25) is 0 Å². The van der Waals surface area contributed by atoms with Gasteiger partial charge in [-0.3, -0.25) is 0 Å². The molecule has 7 heteroatoms. The van der Waals surface area contributed by atoms with Crippen LogP contribution in [0.4, 0.5) is 0 Å². The molecule has 0 aliphatic rings. The van der Waals surface area contributed by atoms with Crippen LogP contribution in [0.15, 0.2) is 170 Å². The van der Waals surface area contributed by atoms with Crippen molar-refractivity contribution in [1.29, 1.82) is 0 Å². The predicted octanol–water partition coefficient (Wildman–Crippen LogP) is 7.46. The van der Waals surface area contributed by atoms with Crippen LogP contribution in [0.25, 0.3) is 0 Å². The third-order valence-electron chi connectivity index (χ3n) is 7.63. The van der Waals surface area contributed by atoms with Gasteiger partial charge in [0, 0.05) is 26.2 Å². The maximum absolute atomic E-state index is 4.85. The summed E-state index contributed by atoms with van der Waals surface area (Å²) in [5.74, 6) is 0. The van der Waals surface area contributed by atoms with E-state index >= 15 is 0 Å². The molecule has 0 radical (unpaired) electrons. The molecule has 0 bridgehead atoms. The topological polar surface area (TPSA) is 24.1 Å². The molecule has 6 aromatic rings. The number of benzene rings is 6. The number of halogens is 2. The molecule has 0 fully saturated rings. The summed E-state index contributed by atoms with van der Waals surface area (Å²) in [5.41, 5.74) is 2.74. The van der Waals surface area contributed by atoms with Gasteiger partial charge in [-0.1, -0.05) is 170 Å². The average Bonchev–Trinajstić information content (AvgIpc) is 3.13. The monoisotopic (exact) mass is 780 g/mol. The van der Waals surface area contributed by atoms with Crippen molar-refractivity contribution in [3.05, 3.63) is 181 Å². The van der Waals surface area contributed by atoms with E-state index < -0.39 is 15.8 Å². The van der Waals surface area contributed by atoms with Crippen LogP contribution in [-0.2, 0) is 28.2 Å². The van der Waals surface area contributed by atoms with E-state index in [9.17, 15) is 0 Å². The van der Waals surface area contributed by atoms with Gasteiger partial charge in [0.05, 0.1) is 0 Å². The van der Waals surface area contributed by atoms with Crippen molar-refractivity contribution in [3.8, 4) is 0 Å². The van der Waals surface area contributed by atoms with Crippen molar-refractivity contribution in [2.24, 2.45) is 0 Å². The maximum atomic E-state index is 4.85. The van der Waals surface area contributed by atoms with Crippen LogP contribution in [0.1, 0.15) is 11.1 Å². The molecule has 0 saturated carbocycles. The van der Waals surface area contributed by atoms with Crippen molar-refractivity contribution >= 4 is 67.1 Å². The van der Waals surface area contributed by atoms with Gasteiger partial charge in [0.1, 0.15) is 0 Å². The summed E-state index contributed by atoms with van der Waals surface area (Å²) in [6, 6.07) is 61.7. The largest absolute Gasteiger partial charge is 0.311 e. The molecule has 0 aliphatic heterocycles. The van der Waals surface area contributed by atoms with E-state index in [0.717, 1.165) is 26.2 Å². The molecule has 6 rings (SSSR count). The Kier molecular flexibility index (Phi) is 15.1. The third-order valence-corrected chi connectivity index (χ3v) is 12.7. The van der Waals surface area contributed by atoms with Gasteiger partial charge in [-0.05, 0) is 58.8 Å². The molecule has 0 aliphatic carbocycles. The minimum Gasteiger partial charge on any atom is -0.311 e. The van der Waals surface area contributed by atoms with E-state index in [1.165, 1.54) is 43.0 Å². The Balaban J connectivity index is 0.00000139. The molecule has 0 saturated heterocycles. The summed E-state index contributed by atoms with van der Waals surface area (Å²) in [6.07, 6.45) is 0. The van der Waals surface area contributed by atoms with Crippen molar-refractivity contribution in [1.82, 2.24) is 10.6 Å². The fraction of sp³-hybridized carbons (Fsp3) is 0.100. The predicted molar refractivity (Wildman–Crippen MR) is 205 cm³/mol. The first-order chi connectivity index (χ1) is 23.3. The van der Waals surface area contributed by atoms with E-state index in [-0.39, 0.29) is 15.1 Å². The summed E-state index contributed by atoms with van der Waals surface area (Å²) in [6.45, 7) is 3.50. The van der Waals surface area contributed by atoms with E-state index in [4.69, 9.17) is 19.4 Å². The summed E-state index contributed by atoms with van der Waals surface area (Å²) in [4.78, 5) is 0. The van der Waals surface area contributed by atoms with Crippen molar-refractivity contribution in [3.63, 3.8) is 0 Å². The van der Waals surface area contributed by atoms with Crippen LogP contribution < -0.4 is 42.5 Å². The summed E-state index contributed by atoms with van der Waals surface area (Å²) < 4.78 is 0. The van der Waals surface area contributed by atoms with Crippen LogP contribution in [0.2, 0.25) is 0 Å². The van der Waals surface area contributed by atoms with Gasteiger partial charge in [0.15, 0.2) is 0 Å². The first-order valence-electron chi connectivity index (χ1n) is 15.5. The zero-order chi connectivity index (χ0) is 32.5. The molecule has 0 atom stereocenters. The second-order valence-corrected chi connectivity index (χ2v) is 17.7. The van der Waals surface area contributed by atoms with Crippen LogP contribution in [0, 0.1) is 0 Å². The summed E-state index contributed by atoms with van der Waals surface area (Å²) in [5, 5.41) is 15.8. The van der Waals surface area contributed by atoms with Crippen molar-refractivity contribution in [2.75, 3.05) is 13.1 Å². The van der Waals surface area contributed by atoms with Crippen LogP contribution in [0.5, 0.6) is 0 Å². The van der Waals surface area contributed by atoms with Gasteiger partial charge >= 0.3 is 34.5 Å². The van der Waals surface area contributed by atoms with Crippen molar-refractivity contribution in [2.45, 2.75) is 13.1 Å². The Morgan fingerprint density at radius 1 is 0.383 bits per heavy atom. The van der Waals surface area contributed by atoms with E-state index in [2.05, 4.69) is 180 Å². The third kappa shape index (κ3) is 10.4. The second-order valence-electron chi connectivity index (χ2n) is 10.7. The fourth-order valence-corrected chi connectivity index (χ4v) is 10.5.